The SMILES string of the molecule is CCc1cnc(-c2cc(OC[C@@H]3CCOC3)cc(C(=O)O)c2)s1. The first-order valence-corrected chi connectivity index (χ1v) is 8.51. The minimum atomic E-state index is -0.965. The van der Waals surface area contributed by atoms with E-state index in [4.69, 9.17) is 9.47 Å². The molecule has 1 aliphatic heterocycles. The van der Waals surface area contributed by atoms with Crippen molar-refractivity contribution >= 4 is 17.3 Å². The lowest BCUT2D eigenvalue weighted by Gasteiger charge is -2.12. The second-order valence-corrected chi connectivity index (χ2v) is 6.69. The van der Waals surface area contributed by atoms with Crippen LogP contribution in [0.5, 0.6) is 5.75 Å². The molecule has 1 aromatic carbocycles. The molecular formula is C17H19NO4S. The number of thiazole rings is 1. The first-order chi connectivity index (χ1) is 11.2. The number of benzene rings is 1. The van der Waals surface area contributed by atoms with E-state index in [1.807, 2.05) is 12.3 Å². The van der Waals surface area contributed by atoms with Gasteiger partial charge in [-0.3, -0.25) is 0 Å². The number of carboxylic acids is 1. The zero-order valence-corrected chi connectivity index (χ0v) is 13.8. The molecule has 2 aromatic rings. The van der Waals surface area contributed by atoms with Crippen LogP contribution in [-0.2, 0) is 11.2 Å². The van der Waals surface area contributed by atoms with E-state index in [9.17, 15) is 9.90 Å². The van der Waals surface area contributed by atoms with Gasteiger partial charge in [-0.15, -0.1) is 11.3 Å². The normalized spacial score (nSPS) is 17.3. The Kier molecular flexibility index (Phi) is 4.93. The zero-order chi connectivity index (χ0) is 16.2. The predicted octanol–water partition coefficient (Wildman–Crippen LogP) is 3.49. The van der Waals surface area contributed by atoms with Crippen LogP contribution in [0.3, 0.4) is 0 Å². The van der Waals surface area contributed by atoms with E-state index in [0.29, 0.717) is 24.9 Å². The van der Waals surface area contributed by atoms with Gasteiger partial charge in [0.25, 0.3) is 0 Å². The molecular weight excluding hydrogens is 314 g/mol. The predicted molar refractivity (Wildman–Crippen MR) is 88.3 cm³/mol. The molecule has 1 fully saturated rings. The highest BCUT2D eigenvalue weighted by molar-refractivity contribution is 7.15. The zero-order valence-electron chi connectivity index (χ0n) is 12.9. The van der Waals surface area contributed by atoms with E-state index >= 15 is 0 Å². The van der Waals surface area contributed by atoms with Gasteiger partial charge in [0.1, 0.15) is 10.8 Å². The van der Waals surface area contributed by atoms with Crippen molar-refractivity contribution in [2.75, 3.05) is 19.8 Å². The van der Waals surface area contributed by atoms with Gasteiger partial charge in [-0.05, 0) is 31.0 Å². The van der Waals surface area contributed by atoms with Crippen molar-refractivity contribution in [2.45, 2.75) is 19.8 Å². The number of carbonyl (C=O) groups is 1. The number of nitrogens with zero attached hydrogens (tertiary/aromatic N) is 1. The smallest absolute Gasteiger partial charge is 0.335 e. The molecule has 0 radical (unpaired) electrons. The molecule has 1 atom stereocenters. The molecule has 3 rings (SSSR count). The number of aromatic carboxylic acids is 1. The Balaban J connectivity index is 1.84. The summed E-state index contributed by atoms with van der Waals surface area (Å²) < 4.78 is 11.1. The average molecular weight is 333 g/mol. The maximum absolute atomic E-state index is 11.4. The number of carboxylic acid groups (broad SMARTS) is 1. The fourth-order valence-corrected chi connectivity index (χ4v) is 3.30. The van der Waals surface area contributed by atoms with Gasteiger partial charge in [-0.25, -0.2) is 9.78 Å². The number of aromatic nitrogens is 1. The molecule has 6 heteroatoms. The molecule has 1 N–H and O–H groups in total. The van der Waals surface area contributed by atoms with E-state index < -0.39 is 5.97 Å². The Morgan fingerprint density at radius 2 is 2.35 bits per heavy atom. The molecule has 0 aliphatic carbocycles. The lowest BCUT2D eigenvalue weighted by atomic mass is 10.1. The summed E-state index contributed by atoms with van der Waals surface area (Å²) in [6.45, 7) is 4.09. The molecule has 1 aromatic heterocycles. The van der Waals surface area contributed by atoms with Crippen LogP contribution in [0, 0.1) is 5.92 Å². The summed E-state index contributed by atoms with van der Waals surface area (Å²) in [5.41, 5.74) is 1.00. The average Bonchev–Trinajstić information content (AvgIpc) is 3.24. The third-order valence-corrected chi connectivity index (χ3v) is 5.00. The van der Waals surface area contributed by atoms with Crippen LogP contribution in [0.4, 0.5) is 0 Å². The highest BCUT2D eigenvalue weighted by Gasteiger charge is 2.17. The highest BCUT2D eigenvalue weighted by Crippen LogP contribution is 2.30. The van der Waals surface area contributed by atoms with Gasteiger partial charge in [-0.1, -0.05) is 6.92 Å². The Bertz CT molecular complexity index is 692. The third kappa shape index (κ3) is 3.89. The Morgan fingerprint density at radius 1 is 1.48 bits per heavy atom. The van der Waals surface area contributed by atoms with Crippen LogP contribution < -0.4 is 4.74 Å². The monoisotopic (exact) mass is 333 g/mol. The van der Waals surface area contributed by atoms with Gasteiger partial charge in [0.2, 0.25) is 0 Å². The van der Waals surface area contributed by atoms with Gasteiger partial charge in [0.05, 0.1) is 18.8 Å². The molecule has 5 nitrogen and oxygen atoms in total. The quantitative estimate of drug-likeness (QED) is 0.876. The lowest BCUT2D eigenvalue weighted by molar-refractivity contribution is 0.0696. The van der Waals surface area contributed by atoms with Crippen LogP contribution in [-0.4, -0.2) is 35.9 Å². The Labute approximate surface area is 138 Å². The number of hydrogen-bond donors (Lipinski definition) is 1. The van der Waals surface area contributed by atoms with E-state index in [0.717, 1.165) is 30.0 Å². The number of hydrogen-bond acceptors (Lipinski definition) is 5. The van der Waals surface area contributed by atoms with Crippen LogP contribution in [0.2, 0.25) is 0 Å². The summed E-state index contributed by atoms with van der Waals surface area (Å²) in [4.78, 5) is 16.9. The van der Waals surface area contributed by atoms with Gasteiger partial charge >= 0.3 is 5.97 Å². The van der Waals surface area contributed by atoms with Crippen LogP contribution in [0.1, 0.15) is 28.6 Å². The molecule has 0 saturated carbocycles. The maximum atomic E-state index is 11.4. The van der Waals surface area contributed by atoms with Crippen molar-refractivity contribution in [1.29, 1.82) is 0 Å². The van der Waals surface area contributed by atoms with Crippen LogP contribution in [0.25, 0.3) is 10.6 Å². The third-order valence-electron chi connectivity index (χ3n) is 3.81. The van der Waals surface area contributed by atoms with Crippen molar-refractivity contribution in [3.63, 3.8) is 0 Å². The van der Waals surface area contributed by atoms with Gasteiger partial charge < -0.3 is 14.6 Å². The van der Waals surface area contributed by atoms with Crippen LogP contribution in [0.15, 0.2) is 24.4 Å². The standard InChI is InChI=1S/C17H19NO4S/c1-2-15-8-18-16(23-15)12-5-13(17(19)20)7-14(6-12)22-10-11-3-4-21-9-11/h5-8,11H,2-4,9-10H2,1H3,(H,19,20)/t11-/m1/s1. The minimum absolute atomic E-state index is 0.216. The summed E-state index contributed by atoms with van der Waals surface area (Å²) in [5, 5.41) is 10.1. The summed E-state index contributed by atoms with van der Waals surface area (Å²) in [5.74, 6) is -0.0216. The van der Waals surface area contributed by atoms with Crippen molar-refractivity contribution in [3.8, 4) is 16.3 Å². The van der Waals surface area contributed by atoms with E-state index in [-0.39, 0.29) is 5.56 Å². The second-order valence-electron chi connectivity index (χ2n) is 5.58. The molecule has 0 bridgehead atoms. The molecule has 1 aliphatic rings. The van der Waals surface area contributed by atoms with E-state index in [1.165, 1.54) is 4.88 Å². The van der Waals surface area contributed by atoms with Crippen molar-refractivity contribution in [3.05, 3.63) is 34.8 Å². The first kappa shape index (κ1) is 16.0. The van der Waals surface area contributed by atoms with Gasteiger partial charge in [0, 0.05) is 29.2 Å². The second kappa shape index (κ2) is 7.10. The fourth-order valence-electron chi connectivity index (χ4n) is 2.46. The van der Waals surface area contributed by atoms with Crippen LogP contribution >= 0.6 is 11.3 Å². The first-order valence-electron chi connectivity index (χ1n) is 7.69. The highest BCUT2D eigenvalue weighted by atomic mass is 32.1. The van der Waals surface area contributed by atoms with E-state index in [1.54, 1.807) is 23.5 Å². The van der Waals surface area contributed by atoms with Gasteiger partial charge in [-0.2, -0.15) is 0 Å². The molecule has 23 heavy (non-hydrogen) atoms. The summed E-state index contributed by atoms with van der Waals surface area (Å²) in [7, 11) is 0. The summed E-state index contributed by atoms with van der Waals surface area (Å²) in [6.07, 6.45) is 3.74. The van der Waals surface area contributed by atoms with Crippen molar-refractivity contribution < 1.29 is 19.4 Å². The fraction of sp³-hybridized carbons (Fsp3) is 0.412. The summed E-state index contributed by atoms with van der Waals surface area (Å²) >= 11 is 1.58. The molecule has 2 heterocycles. The lowest BCUT2D eigenvalue weighted by Crippen LogP contribution is -2.12. The molecule has 1 saturated heterocycles. The molecule has 0 amide bonds. The molecule has 0 unspecified atom stereocenters. The molecule has 122 valence electrons. The summed E-state index contributed by atoms with van der Waals surface area (Å²) in [6, 6.07) is 5.07. The number of rotatable bonds is 6. The minimum Gasteiger partial charge on any atom is -0.493 e. The molecule has 0 spiro atoms. The van der Waals surface area contributed by atoms with Gasteiger partial charge in [0.15, 0.2) is 0 Å². The Hall–Kier alpha value is -1.92. The number of aryl methyl sites for hydroxylation is 1. The van der Waals surface area contributed by atoms with Crippen molar-refractivity contribution in [1.82, 2.24) is 4.98 Å². The largest absolute Gasteiger partial charge is 0.493 e. The van der Waals surface area contributed by atoms with E-state index in [2.05, 4.69) is 11.9 Å². The Morgan fingerprint density at radius 3 is 3.00 bits per heavy atom. The van der Waals surface area contributed by atoms with Crippen molar-refractivity contribution in [2.24, 2.45) is 5.92 Å². The number of ether oxygens (including phenoxy) is 2. The maximum Gasteiger partial charge on any atom is 0.335 e. The topological polar surface area (TPSA) is 68.7 Å².